The first-order valence-corrected chi connectivity index (χ1v) is 7.72. The molecule has 0 radical (unpaired) electrons. The van der Waals surface area contributed by atoms with E-state index >= 15 is 0 Å². The molecule has 0 fully saturated rings. The van der Waals surface area contributed by atoms with Gasteiger partial charge in [0.25, 0.3) is 11.8 Å². The minimum atomic E-state index is -0.472. The largest absolute Gasteiger partial charge is 0.465 e. The van der Waals surface area contributed by atoms with Crippen LogP contribution < -0.4 is 5.32 Å². The molecule has 0 atom stereocenters. The lowest BCUT2D eigenvalue weighted by atomic mass is 10.1. The molecule has 0 spiro atoms. The SMILES string of the molecule is COC(=O)c1ccc(C(=O)Nc2ccc(C(=O)N(C)C)c(Cl)c2)cc1. The number of amides is 2. The van der Waals surface area contributed by atoms with Crippen molar-refractivity contribution in [1.82, 2.24) is 4.90 Å². The molecule has 0 heterocycles. The van der Waals surface area contributed by atoms with Crippen LogP contribution in [0.4, 0.5) is 5.69 Å². The van der Waals surface area contributed by atoms with Gasteiger partial charge < -0.3 is 15.0 Å². The van der Waals surface area contributed by atoms with Crippen LogP contribution >= 0.6 is 11.6 Å². The summed E-state index contributed by atoms with van der Waals surface area (Å²) in [6.07, 6.45) is 0. The highest BCUT2D eigenvalue weighted by atomic mass is 35.5. The Morgan fingerprint density at radius 2 is 1.60 bits per heavy atom. The van der Waals surface area contributed by atoms with Crippen molar-refractivity contribution in [3.63, 3.8) is 0 Å². The van der Waals surface area contributed by atoms with E-state index in [1.54, 1.807) is 26.2 Å². The number of methoxy groups -OCH3 is 1. The number of rotatable bonds is 4. The maximum absolute atomic E-state index is 12.3. The highest BCUT2D eigenvalue weighted by Crippen LogP contribution is 2.22. The fourth-order valence-corrected chi connectivity index (χ4v) is 2.35. The van der Waals surface area contributed by atoms with E-state index in [0.717, 1.165) is 0 Å². The summed E-state index contributed by atoms with van der Waals surface area (Å²) in [6, 6.07) is 10.7. The van der Waals surface area contributed by atoms with Crippen LogP contribution in [0.1, 0.15) is 31.1 Å². The highest BCUT2D eigenvalue weighted by molar-refractivity contribution is 6.34. The van der Waals surface area contributed by atoms with Gasteiger partial charge in [-0.05, 0) is 42.5 Å². The number of anilines is 1. The van der Waals surface area contributed by atoms with E-state index in [2.05, 4.69) is 10.1 Å². The van der Waals surface area contributed by atoms with Gasteiger partial charge in [0.15, 0.2) is 0 Å². The summed E-state index contributed by atoms with van der Waals surface area (Å²) >= 11 is 6.12. The molecular formula is C18H17ClN2O4. The van der Waals surface area contributed by atoms with Crippen molar-refractivity contribution in [2.75, 3.05) is 26.5 Å². The zero-order valence-electron chi connectivity index (χ0n) is 14.0. The number of esters is 1. The van der Waals surface area contributed by atoms with Crippen molar-refractivity contribution in [3.8, 4) is 0 Å². The lowest BCUT2D eigenvalue weighted by Gasteiger charge is -2.13. The lowest BCUT2D eigenvalue weighted by Crippen LogP contribution is -2.22. The van der Waals surface area contributed by atoms with Crippen molar-refractivity contribution in [2.24, 2.45) is 0 Å². The Morgan fingerprint density at radius 3 is 2.12 bits per heavy atom. The standard InChI is InChI=1S/C18H17ClN2O4/c1-21(2)17(23)14-9-8-13(10-15(14)19)20-16(22)11-4-6-12(7-5-11)18(24)25-3/h4-10H,1-3H3,(H,20,22). The van der Waals surface area contributed by atoms with E-state index in [1.807, 2.05) is 0 Å². The molecule has 130 valence electrons. The Morgan fingerprint density at radius 1 is 1.00 bits per heavy atom. The Balaban J connectivity index is 2.14. The molecule has 2 aromatic rings. The second kappa shape index (κ2) is 7.81. The summed E-state index contributed by atoms with van der Waals surface area (Å²) in [5, 5.41) is 2.94. The lowest BCUT2D eigenvalue weighted by molar-refractivity contribution is 0.0600. The van der Waals surface area contributed by atoms with Gasteiger partial charge in [0.2, 0.25) is 0 Å². The predicted octanol–water partition coefficient (Wildman–Crippen LogP) is 3.08. The molecule has 6 nitrogen and oxygen atoms in total. The number of halogens is 1. The molecule has 0 bridgehead atoms. The third kappa shape index (κ3) is 4.36. The Hall–Kier alpha value is -2.86. The summed E-state index contributed by atoms with van der Waals surface area (Å²) in [4.78, 5) is 37.0. The molecule has 0 unspecified atom stereocenters. The van der Waals surface area contributed by atoms with Gasteiger partial charge in [-0.25, -0.2) is 4.79 Å². The smallest absolute Gasteiger partial charge is 0.337 e. The van der Waals surface area contributed by atoms with Gasteiger partial charge >= 0.3 is 5.97 Å². The van der Waals surface area contributed by atoms with Crippen molar-refractivity contribution in [3.05, 3.63) is 64.2 Å². The molecule has 2 aromatic carbocycles. The van der Waals surface area contributed by atoms with E-state index in [-0.39, 0.29) is 16.8 Å². The number of ether oxygens (including phenoxy) is 1. The molecule has 0 saturated heterocycles. The molecule has 0 aliphatic rings. The quantitative estimate of drug-likeness (QED) is 0.850. The fraction of sp³-hybridized carbons (Fsp3) is 0.167. The maximum atomic E-state index is 12.3. The van der Waals surface area contributed by atoms with Crippen LogP contribution in [0.25, 0.3) is 0 Å². The molecular weight excluding hydrogens is 344 g/mol. The third-order valence-electron chi connectivity index (χ3n) is 3.43. The van der Waals surface area contributed by atoms with Crippen molar-refractivity contribution >= 4 is 35.1 Å². The summed E-state index contributed by atoms with van der Waals surface area (Å²) in [5.41, 5.74) is 1.54. The molecule has 0 saturated carbocycles. The number of benzene rings is 2. The van der Waals surface area contributed by atoms with Crippen molar-refractivity contribution < 1.29 is 19.1 Å². The molecule has 0 aromatic heterocycles. The summed E-state index contributed by atoms with van der Waals surface area (Å²) in [7, 11) is 4.55. The number of hydrogen-bond acceptors (Lipinski definition) is 4. The molecule has 0 aliphatic carbocycles. The first-order chi connectivity index (χ1) is 11.8. The molecule has 0 aliphatic heterocycles. The first kappa shape index (κ1) is 18.5. The van der Waals surface area contributed by atoms with Gasteiger partial charge in [-0.2, -0.15) is 0 Å². The number of carbonyl (C=O) groups is 3. The number of hydrogen-bond donors (Lipinski definition) is 1. The number of nitrogens with zero attached hydrogens (tertiary/aromatic N) is 1. The van der Waals surface area contributed by atoms with E-state index in [4.69, 9.17) is 11.6 Å². The van der Waals surface area contributed by atoms with Crippen LogP contribution in [0.3, 0.4) is 0 Å². The second-order valence-electron chi connectivity index (χ2n) is 5.42. The minimum absolute atomic E-state index is 0.221. The van der Waals surface area contributed by atoms with Crippen LogP contribution in [-0.4, -0.2) is 43.9 Å². The summed E-state index contributed by atoms with van der Waals surface area (Å²) < 4.78 is 4.61. The van der Waals surface area contributed by atoms with Gasteiger partial charge in [0, 0.05) is 25.3 Å². The zero-order chi connectivity index (χ0) is 18.6. The van der Waals surface area contributed by atoms with Gasteiger partial charge in [0.05, 0.1) is 23.3 Å². The zero-order valence-corrected chi connectivity index (χ0v) is 14.8. The topological polar surface area (TPSA) is 75.7 Å². The van der Waals surface area contributed by atoms with E-state index in [1.165, 1.54) is 42.3 Å². The van der Waals surface area contributed by atoms with Crippen molar-refractivity contribution in [2.45, 2.75) is 0 Å². The fourth-order valence-electron chi connectivity index (χ4n) is 2.09. The summed E-state index contributed by atoms with van der Waals surface area (Å²) in [6.45, 7) is 0. The average molecular weight is 361 g/mol. The molecule has 7 heteroatoms. The Labute approximate surface area is 150 Å². The molecule has 2 rings (SSSR count). The van der Waals surface area contributed by atoms with E-state index in [0.29, 0.717) is 22.4 Å². The Kier molecular flexibility index (Phi) is 5.77. The Bertz CT molecular complexity index is 816. The molecule has 1 N–H and O–H groups in total. The van der Waals surface area contributed by atoms with Crippen LogP contribution in [0.15, 0.2) is 42.5 Å². The third-order valence-corrected chi connectivity index (χ3v) is 3.74. The molecule has 25 heavy (non-hydrogen) atoms. The van der Waals surface area contributed by atoms with Crippen LogP contribution in [-0.2, 0) is 4.74 Å². The average Bonchev–Trinajstić information content (AvgIpc) is 2.60. The number of nitrogens with one attached hydrogen (secondary N) is 1. The molecule has 2 amide bonds. The van der Waals surface area contributed by atoms with Crippen molar-refractivity contribution in [1.29, 1.82) is 0 Å². The van der Waals surface area contributed by atoms with Crippen LogP contribution in [0.2, 0.25) is 5.02 Å². The van der Waals surface area contributed by atoms with E-state index < -0.39 is 5.97 Å². The summed E-state index contributed by atoms with van der Waals surface area (Å²) in [5.74, 6) is -1.06. The van der Waals surface area contributed by atoms with Crippen LogP contribution in [0.5, 0.6) is 0 Å². The van der Waals surface area contributed by atoms with E-state index in [9.17, 15) is 14.4 Å². The number of carbonyl (C=O) groups excluding carboxylic acids is 3. The van der Waals surface area contributed by atoms with Gasteiger partial charge in [-0.15, -0.1) is 0 Å². The van der Waals surface area contributed by atoms with Gasteiger partial charge in [-0.1, -0.05) is 11.6 Å². The predicted molar refractivity (Wildman–Crippen MR) is 95.2 cm³/mol. The monoisotopic (exact) mass is 360 g/mol. The normalized spacial score (nSPS) is 10.1. The van der Waals surface area contributed by atoms with Gasteiger partial charge in [0.1, 0.15) is 0 Å². The minimum Gasteiger partial charge on any atom is -0.465 e. The highest BCUT2D eigenvalue weighted by Gasteiger charge is 2.14. The van der Waals surface area contributed by atoms with Crippen LogP contribution in [0, 0.1) is 0 Å². The second-order valence-corrected chi connectivity index (χ2v) is 5.82. The maximum Gasteiger partial charge on any atom is 0.337 e. The van der Waals surface area contributed by atoms with Gasteiger partial charge in [-0.3, -0.25) is 9.59 Å². The first-order valence-electron chi connectivity index (χ1n) is 7.34.